The maximum Gasteiger partial charge on any atom is 0.417 e. The molecule has 0 amide bonds. The summed E-state index contributed by atoms with van der Waals surface area (Å²) in [6.07, 6.45) is -1.52. The third-order valence-corrected chi connectivity index (χ3v) is 8.24. The predicted octanol–water partition coefficient (Wildman–Crippen LogP) is 5.48. The number of hydrogen-bond donors (Lipinski definition) is 3. The molecular weight excluding hydrogens is 617 g/mol. The van der Waals surface area contributed by atoms with E-state index in [0.717, 1.165) is 48.1 Å². The molecule has 3 N–H and O–H groups in total. The smallest absolute Gasteiger partial charge is 0.417 e. The van der Waals surface area contributed by atoms with Gasteiger partial charge in [0.05, 0.1) is 36.7 Å². The van der Waals surface area contributed by atoms with Gasteiger partial charge in [-0.15, -0.1) is 0 Å². The van der Waals surface area contributed by atoms with Crippen LogP contribution >= 0.6 is 0 Å². The molecule has 15 heteroatoms. The van der Waals surface area contributed by atoms with Crippen LogP contribution in [0.3, 0.4) is 0 Å². The highest BCUT2D eigenvalue weighted by Gasteiger charge is 2.52. The van der Waals surface area contributed by atoms with Crippen molar-refractivity contribution in [3.8, 4) is 34.0 Å². The van der Waals surface area contributed by atoms with Crippen LogP contribution in [0.5, 0.6) is 0 Å². The molecule has 0 radical (unpaired) electrons. The van der Waals surface area contributed by atoms with Crippen LogP contribution in [0.2, 0.25) is 0 Å². The number of aliphatic hydroxyl groups excluding tert-OH is 2. The van der Waals surface area contributed by atoms with Crippen molar-refractivity contribution < 1.29 is 46.6 Å². The van der Waals surface area contributed by atoms with Crippen LogP contribution < -0.4 is 0 Å². The number of nitrogens with zero attached hydrogens (tertiary/aromatic N) is 5. The summed E-state index contributed by atoms with van der Waals surface area (Å²) in [5.41, 5.74) is -5.13. The number of carboxylic acids is 1. The molecule has 1 unspecified atom stereocenters. The first-order chi connectivity index (χ1) is 21.8. The number of hydrogen-bond acceptors (Lipinski definition) is 8. The quantitative estimate of drug-likeness (QED) is 0.168. The number of imidazole rings is 1. The number of fused-ring (bicyclic) bond motifs is 1. The Balaban J connectivity index is 1.52. The zero-order valence-electron chi connectivity index (χ0n) is 24.1. The van der Waals surface area contributed by atoms with Crippen LogP contribution in [-0.4, -0.2) is 59.4 Å². The summed E-state index contributed by atoms with van der Waals surface area (Å²) in [7, 11) is 0. The van der Waals surface area contributed by atoms with Gasteiger partial charge in [-0.1, -0.05) is 30.3 Å². The van der Waals surface area contributed by atoms with E-state index in [0.29, 0.717) is 5.56 Å². The number of aliphatic carboxylic acids is 1. The molecule has 0 saturated heterocycles. The lowest BCUT2D eigenvalue weighted by Crippen LogP contribution is -2.49. The summed E-state index contributed by atoms with van der Waals surface area (Å²) >= 11 is 0. The van der Waals surface area contributed by atoms with Crippen LogP contribution in [0, 0.1) is 17.0 Å². The van der Waals surface area contributed by atoms with Crippen LogP contribution in [0.15, 0.2) is 59.4 Å². The van der Waals surface area contributed by atoms with Crippen molar-refractivity contribution >= 4 is 5.97 Å². The molecule has 0 spiro atoms. The molecule has 10 nitrogen and oxygen atoms in total. The van der Waals surface area contributed by atoms with Crippen molar-refractivity contribution in [3.63, 3.8) is 0 Å². The lowest BCUT2D eigenvalue weighted by Gasteiger charge is -2.36. The fraction of sp³-hybridized carbons (Fsp3) is 0.323. The molecule has 2 aliphatic heterocycles. The van der Waals surface area contributed by atoms with E-state index in [1.54, 1.807) is 6.07 Å². The van der Waals surface area contributed by atoms with E-state index >= 15 is 0 Å². The number of alkyl halides is 3. The average Bonchev–Trinajstić information content (AvgIpc) is 3.61. The highest BCUT2D eigenvalue weighted by atomic mass is 19.4. The monoisotopic (exact) mass is 643 g/mol. The Bertz CT molecular complexity index is 1900. The number of rotatable bonds is 10. The molecule has 1 aromatic heterocycles. The minimum Gasteiger partial charge on any atom is -0.479 e. The number of carbonyl (C=O) groups is 1. The molecule has 1 fully saturated rings. The number of benzene rings is 2. The Hall–Kier alpha value is -4.76. The van der Waals surface area contributed by atoms with Gasteiger partial charge in [-0.2, -0.15) is 18.3 Å². The fourth-order valence-electron chi connectivity index (χ4n) is 5.46. The van der Waals surface area contributed by atoms with Gasteiger partial charge in [0.1, 0.15) is 17.1 Å². The van der Waals surface area contributed by atoms with Gasteiger partial charge in [-0.3, -0.25) is 0 Å². The van der Waals surface area contributed by atoms with Crippen molar-refractivity contribution in [2.24, 2.45) is 5.41 Å². The molecular formula is C31H26F5N5O5. The number of carboxylic acid groups (broad SMARTS) is 1. The SMILES string of the molecule is CC(CO)(CO)CC(C(=O)O)(c1cc(-c2ccc(C3CC3)cc2C(F)(F)F)no1)n1cc2nc(-c3cccc(F)c3F)nc-2cn1. The topological polar surface area (TPSA) is 147 Å². The molecule has 2 aromatic carbocycles. The van der Waals surface area contributed by atoms with Crippen molar-refractivity contribution in [1.29, 1.82) is 0 Å². The predicted molar refractivity (Wildman–Crippen MR) is 150 cm³/mol. The first-order valence-corrected chi connectivity index (χ1v) is 14.1. The molecule has 3 aromatic rings. The molecule has 3 aliphatic rings. The largest absolute Gasteiger partial charge is 0.479 e. The van der Waals surface area contributed by atoms with Crippen molar-refractivity contribution in [1.82, 2.24) is 24.9 Å². The summed E-state index contributed by atoms with van der Waals surface area (Å²) in [5, 5.41) is 39.0. The van der Waals surface area contributed by atoms with Gasteiger partial charge in [0.15, 0.2) is 23.2 Å². The van der Waals surface area contributed by atoms with Crippen molar-refractivity contribution in [2.45, 2.75) is 43.8 Å². The molecule has 1 atom stereocenters. The van der Waals surface area contributed by atoms with E-state index in [-0.39, 0.29) is 40.0 Å². The van der Waals surface area contributed by atoms with Crippen LogP contribution in [-0.2, 0) is 16.5 Å². The summed E-state index contributed by atoms with van der Waals surface area (Å²) < 4.78 is 77.3. The number of aromatic nitrogens is 5. The maximum absolute atomic E-state index is 14.5. The Labute approximate surface area is 257 Å². The van der Waals surface area contributed by atoms with E-state index in [2.05, 4.69) is 20.2 Å². The van der Waals surface area contributed by atoms with Gasteiger partial charge in [-0.05, 0) is 42.5 Å². The Morgan fingerprint density at radius 2 is 1.72 bits per heavy atom. The lowest BCUT2D eigenvalue weighted by atomic mass is 9.76. The fourth-order valence-corrected chi connectivity index (χ4v) is 5.46. The Kier molecular flexibility index (Phi) is 7.63. The third kappa shape index (κ3) is 5.38. The van der Waals surface area contributed by atoms with Gasteiger partial charge in [0.25, 0.3) is 0 Å². The van der Waals surface area contributed by atoms with E-state index in [4.69, 9.17) is 4.52 Å². The Morgan fingerprint density at radius 1 is 1.00 bits per heavy atom. The molecule has 0 bridgehead atoms. The highest BCUT2D eigenvalue weighted by Crippen LogP contribution is 2.46. The molecule has 1 aliphatic carbocycles. The van der Waals surface area contributed by atoms with Crippen molar-refractivity contribution in [3.05, 3.63) is 83.4 Å². The highest BCUT2D eigenvalue weighted by molar-refractivity contribution is 5.81. The van der Waals surface area contributed by atoms with Gasteiger partial charge >= 0.3 is 12.1 Å². The molecule has 46 heavy (non-hydrogen) atoms. The second-order valence-electron chi connectivity index (χ2n) is 11.8. The minimum atomic E-state index is -4.76. The standard InChI is InChI=1S/C31H26F5N5O5/c1-29(14-42,15-43)13-30(28(44)45,41-12-24-23(11-37-41)38-27(39-24)19-3-2-4-21(32)26(19)33)25-10-22(40-46-25)18-8-7-17(16-5-6-16)9-20(18)31(34,35)36/h2-4,7-12,16,42-43H,5-6,13-15H2,1H3,(H,44,45). The van der Waals surface area contributed by atoms with E-state index in [9.17, 15) is 42.1 Å². The first-order valence-electron chi connectivity index (χ1n) is 14.1. The maximum atomic E-state index is 14.5. The first kappa shape index (κ1) is 31.2. The molecule has 240 valence electrons. The van der Waals surface area contributed by atoms with Gasteiger partial charge in [-0.25, -0.2) is 28.2 Å². The van der Waals surface area contributed by atoms with Gasteiger partial charge in [0, 0.05) is 23.5 Å². The van der Waals surface area contributed by atoms with Gasteiger partial charge < -0.3 is 19.8 Å². The van der Waals surface area contributed by atoms with Crippen LogP contribution in [0.1, 0.15) is 49.0 Å². The second-order valence-corrected chi connectivity index (χ2v) is 11.8. The van der Waals surface area contributed by atoms with Gasteiger partial charge in [0.2, 0.25) is 5.54 Å². The minimum absolute atomic E-state index is 0.00347. The zero-order valence-corrected chi connectivity index (χ0v) is 24.1. The average molecular weight is 644 g/mol. The zero-order chi connectivity index (χ0) is 33.0. The molecule has 3 heterocycles. The number of halogens is 5. The summed E-state index contributed by atoms with van der Waals surface area (Å²) in [4.78, 5) is 21.7. The van der Waals surface area contributed by atoms with Crippen LogP contribution in [0.25, 0.3) is 34.0 Å². The number of aliphatic hydroxyl groups is 2. The van der Waals surface area contributed by atoms with E-state index in [1.807, 2.05) is 0 Å². The van der Waals surface area contributed by atoms with E-state index in [1.165, 1.54) is 25.1 Å². The Morgan fingerprint density at radius 3 is 2.37 bits per heavy atom. The third-order valence-electron chi connectivity index (χ3n) is 8.24. The van der Waals surface area contributed by atoms with Crippen molar-refractivity contribution in [2.75, 3.05) is 13.2 Å². The molecule has 6 rings (SSSR count). The summed E-state index contributed by atoms with van der Waals surface area (Å²) in [6.45, 7) is 0.0112. The second kappa shape index (κ2) is 11.2. The van der Waals surface area contributed by atoms with E-state index < -0.39 is 65.7 Å². The lowest BCUT2D eigenvalue weighted by molar-refractivity contribution is -0.149. The summed E-state index contributed by atoms with van der Waals surface area (Å²) in [6, 6.07) is 8.36. The van der Waals surface area contributed by atoms with Crippen LogP contribution in [0.4, 0.5) is 22.0 Å². The summed E-state index contributed by atoms with van der Waals surface area (Å²) in [5.74, 6) is -4.58. The normalized spacial score (nSPS) is 15.3. The molecule has 1 saturated carbocycles.